The Morgan fingerprint density at radius 3 is 1.97 bits per heavy atom. The van der Waals surface area contributed by atoms with E-state index in [1.165, 1.54) is 18.7 Å². The normalized spacial score (nSPS) is 14.4. The van der Waals surface area contributed by atoms with Gasteiger partial charge in [0.15, 0.2) is 0 Å². The van der Waals surface area contributed by atoms with Crippen LogP contribution in [0.5, 0.6) is 0 Å². The summed E-state index contributed by atoms with van der Waals surface area (Å²) < 4.78 is 0. The molecule has 0 saturated carbocycles. The molecule has 176 valence electrons. The topological polar surface area (TPSA) is 231 Å². The number of rotatable bonds is 15. The van der Waals surface area contributed by atoms with E-state index in [2.05, 4.69) is 16.0 Å². The van der Waals surface area contributed by atoms with Crippen molar-refractivity contribution in [3.8, 4) is 0 Å². The molecule has 0 aliphatic heterocycles. The molecule has 4 amide bonds. The Balaban J connectivity index is 5.04. The highest BCUT2D eigenvalue weighted by Gasteiger charge is 2.29. The SMILES string of the molecule is CSCCC(NC(=O)C(CC(N)=O)NC(=O)C(C)NC(=O)C(N)CCC(=O)O)C(=O)O. The first-order valence-corrected chi connectivity index (χ1v) is 10.7. The Labute approximate surface area is 183 Å². The molecule has 0 radical (unpaired) electrons. The highest BCUT2D eigenvalue weighted by atomic mass is 32.2. The third kappa shape index (κ3) is 11.8. The molecule has 0 rings (SSSR count). The molecule has 0 aromatic rings. The first kappa shape index (κ1) is 28.1. The monoisotopic (exact) mass is 463 g/mol. The predicted molar refractivity (Wildman–Crippen MR) is 111 cm³/mol. The average molecular weight is 464 g/mol. The number of thioether (sulfide) groups is 1. The zero-order chi connectivity index (χ0) is 24.1. The van der Waals surface area contributed by atoms with E-state index in [9.17, 15) is 33.9 Å². The van der Waals surface area contributed by atoms with Gasteiger partial charge in [-0.05, 0) is 31.8 Å². The van der Waals surface area contributed by atoms with Gasteiger partial charge in [-0.15, -0.1) is 0 Å². The smallest absolute Gasteiger partial charge is 0.326 e. The lowest BCUT2D eigenvalue weighted by atomic mass is 10.1. The van der Waals surface area contributed by atoms with E-state index in [1.807, 2.05) is 0 Å². The summed E-state index contributed by atoms with van der Waals surface area (Å²) in [4.78, 5) is 69.9. The molecule has 0 fully saturated rings. The van der Waals surface area contributed by atoms with Crippen LogP contribution < -0.4 is 27.4 Å². The van der Waals surface area contributed by atoms with Gasteiger partial charge in [-0.25, -0.2) is 4.79 Å². The summed E-state index contributed by atoms with van der Waals surface area (Å²) in [6.07, 6.45) is 0.817. The number of hydrogen-bond donors (Lipinski definition) is 7. The zero-order valence-electron chi connectivity index (χ0n) is 17.3. The van der Waals surface area contributed by atoms with Gasteiger partial charge in [0, 0.05) is 6.42 Å². The molecule has 0 aliphatic carbocycles. The summed E-state index contributed by atoms with van der Waals surface area (Å²) in [5.74, 6) is -5.41. The lowest BCUT2D eigenvalue weighted by Gasteiger charge is -2.23. The summed E-state index contributed by atoms with van der Waals surface area (Å²) in [5, 5.41) is 24.6. The van der Waals surface area contributed by atoms with Crippen LogP contribution in [0.3, 0.4) is 0 Å². The summed E-state index contributed by atoms with van der Waals surface area (Å²) >= 11 is 1.38. The molecule has 0 saturated heterocycles. The van der Waals surface area contributed by atoms with E-state index in [1.54, 1.807) is 6.26 Å². The van der Waals surface area contributed by atoms with Crippen molar-refractivity contribution < 1.29 is 39.0 Å². The quantitative estimate of drug-likeness (QED) is 0.133. The van der Waals surface area contributed by atoms with Gasteiger partial charge in [-0.1, -0.05) is 0 Å². The number of carboxylic acids is 2. The van der Waals surface area contributed by atoms with Crippen LogP contribution in [0.25, 0.3) is 0 Å². The number of nitrogens with two attached hydrogens (primary N) is 2. The van der Waals surface area contributed by atoms with E-state index in [4.69, 9.17) is 16.6 Å². The molecule has 4 atom stereocenters. The Bertz CT molecular complexity index is 689. The fourth-order valence-corrected chi connectivity index (χ4v) is 2.74. The van der Waals surface area contributed by atoms with Gasteiger partial charge in [0.05, 0.1) is 12.5 Å². The highest BCUT2D eigenvalue weighted by Crippen LogP contribution is 2.03. The Morgan fingerprint density at radius 1 is 0.903 bits per heavy atom. The lowest BCUT2D eigenvalue weighted by Crippen LogP contribution is -2.57. The summed E-state index contributed by atoms with van der Waals surface area (Å²) in [5.41, 5.74) is 10.7. The van der Waals surface area contributed by atoms with Crippen LogP contribution in [0.15, 0.2) is 0 Å². The Kier molecular flexibility index (Phi) is 12.9. The van der Waals surface area contributed by atoms with E-state index in [-0.39, 0.29) is 19.3 Å². The zero-order valence-corrected chi connectivity index (χ0v) is 18.1. The summed E-state index contributed by atoms with van der Waals surface area (Å²) in [6, 6.07) is -5.03. The minimum atomic E-state index is -1.46. The molecule has 0 bridgehead atoms. The maximum Gasteiger partial charge on any atom is 0.326 e. The Hall–Kier alpha value is -2.87. The molecule has 0 aliphatic rings. The molecule has 14 heteroatoms. The van der Waals surface area contributed by atoms with Gasteiger partial charge in [0.1, 0.15) is 18.1 Å². The molecule has 0 heterocycles. The van der Waals surface area contributed by atoms with E-state index >= 15 is 0 Å². The van der Waals surface area contributed by atoms with Gasteiger partial charge >= 0.3 is 11.9 Å². The first-order chi connectivity index (χ1) is 14.4. The van der Waals surface area contributed by atoms with E-state index < -0.39 is 66.2 Å². The van der Waals surface area contributed by atoms with E-state index in [0.717, 1.165) is 0 Å². The van der Waals surface area contributed by atoms with Crippen LogP contribution in [0.4, 0.5) is 0 Å². The molecular formula is C17H29N5O8S. The van der Waals surface area contributed by atoms with Crippen molar-refractivity contribution in [3.63, 3.8) is 0 Å². The van der Waals surface area contributed by atoms with Crippen molar-refractivity contribution in [1.82, 2.24) is 16.0 Å². The van der Waals surface area contributed by atoms with Gasteiger partial charge in [-0.2, -0.15) is 11.8 Å². The fraction of sp³-hybridized carbons (Fsp3) is 0.647. The molecule has 9 N–H and O–H groups in total. The van der Waals surface area contributed by atoms with Crippen LogP contribution in [-0.2, 0) is 28.8 Å². The number of aliphatic carboxylic acids is 2. The van der Waals surface area contributed by atoms with Gasteiger partial charge in [0.25, 0.3) is 0 Å². The van der Waals surface area contributed by atoms with Gasteiger partial charge < -0.3 is 37.6 Å². The number of carbonyl (C=O) groups is 6. The molecule has 31 heavy (non-hydrogen) atoms. The average Bonchev–Trinajstić information content (AvgIpc) is 2.67. The van der Waals surface area contributed by atoms with Crippen LogP contribution in [0.1, 0.15) is 32.6 Å². The fourth-order valence-electron chi connectivity index (χ4n) is 2.27. The number of carboxylic acid groups (broad SMARTS) is 2. The van der Waals surface area contributed by atoms with Crippen molar-refractivity contribution >= 4 is 47.3 Å². The van der Waals surface area contributed by atoms with Crippen molar-refractivity contribution in [2.45, 2.75) is 56.8 Å². The largest absolute Gasteiger partial charge is 0.481 e. The van der Waals surface area contributed by atoms with Crippen LogP contribution in [-0.4, -0.2) is 82.0 Å². The molecular weight excluding hydrogens is 434 g/mol. The van der Waals surface area contributed by atoms with Crippen molar-refractivity contribution in [3.05, 3.63) is 0 Å². The van der Waals surface area contributed by atoms with Crippen LogP contribution in [0, 0.1) is 0 Å². The molecule has 0 aromatic heterocycles. The summed E-state index contributed by atoms with van der Waals surface area (Å²) in [7, 11) is 0. The number of carbonyl (C=O) groups excluding carboxylic acids is 4. The van der Waals surface area contributed by atoms with Gasteiger partial charge in [-0.3, -0.25) is 24.0 Å². The molecule has 4 unspecified atom stereocenters. The highest BCUT2D eigenvalue weighted by molar-refractivity contribution is 7.98. The number of hydrogen-bond acceptors (Lipinski definition) is 8. The van der Waals surface area contributed by atoms with Crippen LogP contribution in [0.2, 0.25) is 0 Å². The second-order valence-corrected chi connectivity index (χ2v) is 7.67. The third-order valence-electron chi connectivity index (χ3n) is 4.02. The maximum atomic E-state index is 12.4. The van der Waals surface area contributed by atoms with Gasteiger partial charge in [0.2, 0.25) is 23.6 Å². The number of nitrogens with one attached hydrogen (secondary N) is 3. The second kappa shape index (κ2) is 14.2. The van der Waals surface area contributed by atoms with Crippen molar-refractivity contribution in [1.29, 1.82) is 0 Å². The minimum absolute atomic E-state index is 0.125. The third-order valence-corrected chi connectivity index (χ3v) is 4.67. The van der Waals surface area contributed by atoms with Crippen LogP contribution >= 0.6 is 11.8 Å². The van der Waals surface area contributed by atoms with E-state index in [0.29, 0.717) is 5.75 Å². The molecule has 13 nitrogen and oxygen atoms in total. The number of amides is 4. The Morgan fingerprint density at radius 2 is 1.48 bits per heavy atom. The first-order valence-electron chi connectivity index (χ1n) is 9.27. The lowest BCUT2D eigenvalue weighted by molar-refractivity contribution is -0.142. The maximum absolute atomic E-state index is 12.4. The van der Waals surface area contributed by atoms with Crippen molar-refractivity contribution in [2.24, 2.45) is 11.5 Å². The minimum Gasteiger partial charge on any atom is -0.481 e. The molecule has 0 spiro atoms. The standard InChI is InChI=1S/C17H29N5O8S/c1-8(20-15(27)9(18)3-4-13(24)25)14(26)22-11(7-12(19)23)16(28)21-10(17(29)30)5-6-31-2/h8-11H,3-7,18H2,1-2H3,(H2,19,23)(H,20,27)(H,21,28)(H,22,26)(H,24,25)(H,29,30). The van der Waals surface area contributed by atoms with Crippen molar-refractivity contribution in [2.75, 3.05) is 12.0 Å². The molecule has 0 aromatic carbocycles. The summed E-state index contributed by atoms with van der Waals surface area (Å²) in [6.45, 7) is 1.29. The predicted octanol–water partition coefficient (Wildman–Crippen LogP) is -2.63. The number of primary amides is 1. The second-order valence-electron chi connectivity index (χ2n) is 6.68.